The van der Waals surface area contributed by atoms with Gasteiger partial charge in [0.25, 0.3) is 11.8 Å². The van der Waals surface area contributed by atoms with Gasteiger partial charge in [-0.3, -0.25) is 4.79 Å². The number of methoxy groups -OCH3 is 2. The van der Waals surface area contributed by atoms with Crippen LogP contribution in [0.2, 0.25) is 0 Å². The third-order valence-electron chi connectivity index (χ3n) is 4.21. The molecule has 0 spiro atoms. The summed E-state index contributed by atoms with van der Waals surface area (Å²) in [5, 5.41) is 8.78. The van der Waals surface area contributed by atoms with Crippen molar-refractivity contribution in [2.45, 2.75) is 0 Å². The van der Waals surface area contributed by atoms with Gasteiger partial charge in [-0.05, 0) is 23.6 Å². The fourth-order valence-electron chi connectivity index (χ4n) is 2.85. The molecule has 2 aromatic heterocycles. The molecule has 4 rings (SSSR count). The lowest BCUT2D eigenvalue weighted by molar-refractivity contribution is 0.102. The van der Waals surface area contributed by atoms with E-state index < -0.39 is 0 Å². The average Bonchev–Trinajstić information content (AvgIpc) is 3.43. The van der Waals surface area contributed by atoms with Gasteiger partial charge in [0, 0.05) is 5.56 Å². The average molecular weight is 407 g/mol. The van der Waals surface area contributed by atoms with Crippen molar-refractivity contribution in [3.05, 3.63) is 65.5 Å². The van der Waals surface area contributed by atoms with Crippen LogP contribution < -0.4 is 14.8 Å². The van der Waals surface area contributed by atoms with Crippen molar-refractivity contribution in [3.63, 3.8) is 0 Å². The standard InChI is InChI=1S/C21H17N3O4S/c1-26-16-10-6-9-14(17(16)27-2)20(25)22-15-11-12-29-18(15)21-23-19(24-28-21)13-7-4-3-5-8-13/h3-12H,1-2H3,(H,22,25). The van der Waals surface area contributed by atoms with Crippen LogP contribution in [0.1, 0.15) is 10.4 Å². The second-order valence-electron chi connectivity index (χ2n) is 5.95. The Hall–Kier alpha value is -3.65. The molecule has 2 heterocycles. The molecule has 0 bridgehead atoms. The highest BCUT2D eigenvalue weighted by Gasteiger charge is 2.20. The third-order valence-corrected chi connectivity index (χ3v) is 5.12. The summed E-state index contributed by atoms with van der Waals surface area (Å²) in [4.78, 5) is 18.0. The lowest BCUT2D eigenvalue weighted by Crippen LogP contribution is -2.13. The molecule has 0 fully saturated rings. The van der Waals surface area contributed by atoms with E-state index >= 15 is 0 Å². The highest BCUT2D eigenvalue weighted by molar-refractivity contribution is 7.14. The minimum Gasteiger partial charge on any atom is -0.493 e. The number of nitrogens with zero attached hydrogens (tertiary/aromatic N) is 2. The number of thiophene rings is 1. The first kappa shape index (κ1) is 18.7. The first-order chi connectivity index (χ1) is 14.2. The first-order valence-corrected chi connectivity index (χ1v) is 9.58. The smallest absolute Gasteiger partial charge is 0.270 e. The predicted molar refractivity (Wildman–Crippen MR) is 111 cm³/mol. The van der Waals surface area contributed by atoms with Crippen molar-refractivity contribution in [1.29, 1.82) is 0 Å². The summed E-state index contributed by atoms with van der Waals surface area (Å²) in [6.07, 6.45) is 0. The molecular formula is C21H17N3O4S. The summed E-state index contributed by atoms with van der Waals surface area (Å²) in [6.45, 7) is 0. The molecule has 7 nitrogen and oxygen atoms in total. The van der Waals surface area contributed by atoms with Gasteiger partial charge in [-0.1, -0.05) is 41.6 Å². The van der Waals surface area contributed by atoms with Crippen LogP contribution in [0.4, 0.5) is 5.69 Å². The van der Waals surface area contributed by atoms with Crippen LogP contribution in [0, 0.1) is 0 Å². The van der Waals surface area contributed by atoms with E-state index in [2.05, 4.69) is 15.5 Å². The Kier molecular flexibility index (Phi) is 5.26. The van der Waals surface area contributed by atoms with Crippen molar-refractivity contribution in [2.75, 3.05) is 19.5 Å². The summed E-state index contributed by atoms with van der Waals surface area (Å²) in [5.74, 6) is 1.35. The number of rotatable bonds is 6. The number of carbonyl (C=O) groups excluding carboxylic acids is 1. The Labute approximate surface area is 170 Å². The maximum absolute atomic E-state index is 12.9. The molecule has 0 atom stereocenters. The van der Waals surface area contributed by atoms with Gasteiger partial charge in [0.05, 0.1) is 25.5 Å². The molecule has 1 N–H and O–H groups in total. The zero-order chi connectivity index (χ0) is 20.2. The van der Waals surface area contributed by atoms with E-state index in [0.29, 0.717) is 39.3 Å². The number of aromatic nitrogens is 2. The fourth-order valence-corrected chi connectivity index (χ4v) is 3.62. The Bertz CT molecular complexity index is 1140. The van der Waals surface area contributed by atoms with Gasteiger partial charge in [-0.15, -0.1) is 11.3 Å². The molecule has 0 saturated carbocycles. The largest absolute Gasteiger partial charge is 0.493 e. The van der Waals surface area contributed by atoms with Crippen LogP contribution >= 0.6 is 11.3 Å². The number of amides is 1. The van der Waals surface area contributed by atoms with Crippen LogP contribution in [-0.4, -0.2) is 30.3 Å². The molecule has 1 amide bonds. The monoisotopic (exact) mass is 407 g/mol. The Morgan fingerprint density at radius 3 is 2.62 bits per heavy atom. The maximum atomic E-state index is 12.9. The minimum absolute atomic E-state index is 0.330. The molecule has 0 radical (unpaired) electrons. The van der Waals surface area contributed by atoms with Crippen molar-refractivity contribution >= 4 is 22.9 Å². The molecule has 2 aromatic carbocycles. The Morgan fingerprint density at radius 1 is 1.03 bits per heavy atom. The molecule has 4 aromatic rings. The van der Waals surface area contributed by atoms with E-state index in [9.17, 15) is 4.79 Å². The summed E-state index contributed by atoms with van der Waals surface area (Å²) < 4.78 is 16.0. The number of para-hydroxylation sites is 1. The number of hydrogen-bond acceptors (Lipinski definition) is 7. The topological polar surface area (TPSA) is 86.5 Å². The Balaban J connectivity index is 1.61. The van der Waals surface area contributed by atoms with Gasteiger partial charge in [-0.2, -0.15) is 4.98 Å². The number of ether oxygens (including phenoxy) is 2. The maximum Gasteiger partial charge on any atom is 0.270 e. The normalized spacial score (nSPS) is 10.6. The van der Waals surface area contributed by atoms with E-state index in [0.717, 1.165) is 5.56 Å². The lowest BCUT2D eigenvalue weighted by Gasteiger charge is -2.12. The SMILES string of the molecule is COc1cccc(C(=O)Nc2ccsc2-c2nc(-c3ccccc3)no2)c1OC. The van der Waals surface area contributed by atoms with Crippen molar-refractivity contribution < 1.29 is 18.8 Å². The summed E-state index contributed by atoms with van der Waals surface area (Å²) in [5.41, 5.74) is 1.79. The van der Waals surface area contributed by atoms with Crippen molar-refractivity contribution in [2.24, 2.45) is 0 Å². The summed E-state index contributed by atoms with van der Waals surface area (Å²) in [7, 11) is 3.02. The van der Waals surface area contributed by atoms with Gasteiger partial charge in [0.2, 0.25) is 5.82 Å². The molecule has 0 unspecified atom stereocenters. The highest BCUT2D eigenvalue weighted by Crippen LogP contribution is 2.35. The van der Waals surface area contributed by atoms with Crippen LogP contribution in [-0.2, 0) is 0 Å². The van der Waals surface area contributed by atoms with E-state index in [1.54, 1.807) is 24.3 Å². The number of benzene rings is 2. The zero-order valence-electron chi connectivity index (χ0n) is 15.7. The van der Waals surface area contributed by atoms with Crippen molar-refractivity contribution in [3.8, 4) is 33.7 Å². The summed E-state index contributed by atoms with van der Waals surface area (Å²) in [6, 6.07) is 16.5. The molecule has 0 aliphatic heterocycles. The first-order valence-electron chi connectivity index (χ1n) is 8.70. The second-order valence-corrected chi connectivity index (χ2v) is 6.86. The molecular weight excluding hydrogens is 390 g/mol. The minimum atomic E-state index is -0.330. The van der Waals surface area contributed by atoms with Gasteiger partial charge in [0.15, 0.2) is 11.5 Å². The fraction of sp³-hybridized carbons (Fsp3) is 0.0952. The lowest BCUT2D eigenvalue weighted by atomic mass is 10.1. The van der Waals surface area contributed by atoms with Gasteiger partial charge in [0.1, 0.15) is 4.88 Å². The molecule has 0 aliphatic rings. The number of carbonyl (C=O) groups is 1. The van der Waals surface area contributed by atoms with Gasteiger partial charge in [-0.25, -0.2) is 0 Å². The number of anilines is 1. The summed E-state index contributed by atoms with van der Waals surface area (Å²) >= 11 is 1.40. The van der Waals surface area contributed by atoms with E-state index in [4.69, 9.17) is 14.0 Å². The molecule has 29 heavy (non-hydrogen) atoms. The van der Waals surface area contributed by atoms with Crippen LogP contribution in [0.15, 0.2) is 64.5 Å². The number of hydrogen-bond donors (Lipinski definition) is 1. The van der Waals surface area contributed by atoms with E-state index in [-0.39, 0.29) is 5.91 Å². The Morgan fingerprint density at radius 2 is 1.86 bits per heavy atom. The van der Waals surface area contributed by atoms with E-state index in [1.165, 1.54) is 25.6 Å². The van der Waals surface area contributed by atoms with Crippen LogP contribution in [0.25, 0.3) is 22.2 Å². The second kappa shape index (κ2) is 8.15. The molecule has 146 valence electrons. The highest BCUT2D eigenvalue weighted by atomic mass is 32.1. The van der Waals surface area contributed by atoms with Crippen LogP contribution in [0.3, 0.4) is 0 Å². The number of nitrogens with one attached hydrogen (secondary N) is 1. The zero-order valence-corrected chi connectivity index (χ0v) is 16.5. The molecule has 0 aliphatic carbocycles. The van der Waals surface area contributed by atoms with Gasteiger partial charge >= 0.3 is 0 Å². The predicted octanol–water partition coefficient (Wildman–Crippen LogP) is 4.73. The third kappa shape index (κ3) is 3.70. The van der Waals surface area contributed by atoms with Crippen LogP contribution in [0.5, 0.6) is 11.5 Å². The van der Waals surface area contributed by atoms with Crippen molar-refractivity contribution in [1.82, 2.24) is 10.1 Å². The quantitative estimate of drug-likeness (QED) is 0.497. The van der Waals surface area contributed by atoms with E-state index in [1.807, 2.05) is 35.7 Å². The molecule has 8 heteroatoms. The van der Waals surface area contributed by atoms with Gasteiger partial charge < -0.3 is 19.3 Å². The molecule has 0 saturated heterocycles.